The van der Waals surface area contributed by atoms with Crippen molar-refractivity contribution in [2.24, 2.45) is 5.92 Å². The molecule has 2 aliphatic heterocycles. The third-order valence-electron chi connectivity index (χ3n) is 3.77. The highest BCUT2D eigenvalue weighted by Gasteiger charge is 2.22. The van der Waals surface area contributed by atoms with Crippen molar-refractivity contribution in [2.45, 2.75) is 29.4 Å². The van der Waals surface area contributed by atoms with Gasteiger partial charge in [-0.2, -0.15) is 0 Å². The van der Waals surface area contributed by atoms with Crippen LogP contribution in [0.1, 0.15) is 18.4 Å². The number of benzene rings is 1. The van der Waals surface area contributed by atoms with Crippen molar-refractivity contribution in [1.29, 1.82) is 0 Å². The normalized spacial score (nSPS) is 27.1. The van der Waals surface area contributed by atoms with E-state index in [1.165, 1.54) is 36.3 Å². The Morgan fingerprint density at radius 2 is 2.22 bits per heavy atom. The van der Waals surface area contributed by atoms with Gasteiger partial charge in [-0.1, -0.05) is 18.2 Å². The van der Waals surface area contributed by atoms with E-state index in [9.17, 15) is 0 Å². The van der Waals surface area contributed by atoms with Crippen molar-refractivity contribution in [3.63, 3.8) is 0 Å². The Morgan fingerprint density at radius 1 is 1.28 bits per heavy atom. The number of nitrogens with one attached hydrogen (secondary N) is 1. The van der Waals surface area contributed by atoms with Gasteiger partial charge >= 0.3 is 0 Å². The molecule has 1 saturated heterocycles. The molecule has 0 aliphatic carbocycles. The highest BCUT2D eigenvalue weighted by atomic mass is 32.2. The maximum absolute atomic E-state index is 5.93. The molecule has 0 aromatic heterocycles. The molecule has 3 heteroatoms. The van der Waals surface area contributed by atoms with Gasteiger partial charge in [-0.3, -0.25) is 0 Å². The summed E-state index contributed by atoms with van der Waals surface area (Å²) in [6.07, 6.45) is 3.80. The molecule has 2 aliphatic rings. The van der Waals surface area contributed by atoms with Crippen LogP contribution in [0.5, 0.6) is 0 Å². The first kappa shape index (κ1) is 12.5. The molecular formula is C15H21NOS. The maximum atomic E-state index is 5.93. The monoisotopic (exact) mass is 263 g/mol. The number of ether oxygens (including phenoxy) is 1. The second-order valence-corrected chi connectivity index (χ2v) is 6.64. The van der Waals surface area contributed by atoms with E-state index in [2.05, 4.69) is 29.6 Å². The van der Waals surface area contributed by atoms with E-state index in [-0.39, 0.29) is 0 Å². The molecule has 1 aromatic carbocycles. The summed E-state index contributed by atoms with van der Waals surface area (Å²) in [6.45, 7) is 4.15. The van der Waals surface area contributed by atoms with Crippen LogP contribution in [0, 0.1) is 5.92 Å². The Labute approximate surface area is 113 Å². The summed E-state index contributed by atoms with van der Waals surface area (Å²) in [5.41, 5.74) is 1.50. The minimum Gasteiger partial charge on any atom is -0.380 e. The Bertz CT molecular complexity index is 365. The van der Waals surface area contributed by atoms with E-state index in [1.54, 1.807) is 0 Å². The summed E-state index contributed by atoms with van der Waals surface area (Å²) in [6, 6.07) is 8.73. The molecule has 2 atom stereocenters. The van der Waals surface area contributed by atoms with Gasteiger partial charge in [-0.05, 0) is 43.4 Å². The first-order chi connectivity index (χ1) is 8.92. The average Bonchev–Trinajstić information content (AvgIpc) is 2.82. The van der Waals surface area contributed by atoms with Crippen LogP contribution in [0.3, 0.4) is 0 Å². The van der Waals surface area contributed by atoms with Crippen LogP contribution in [-0.4, -0.2) is 31.6 Å². The van der Waals surface area contributed by atoms with Gasteiger partial charge < -0.3 is 10.1 Å². The fraction of sp³-hybridized carbons (Fsp3) is 0.600. The van der Waals surface area contributed by atoms with Crippen LogP contribution in [-0.2, 0) is 11.2 Å². The fourth-order valence-corrected chi connectivity index (χ4v) is 4.03. The summed E-state index contributed by atoms with van der Waals surface area (Å²) in [4.78, 5) is 1.45. The number of hydrogen-bond acceptors (Lipinski definition) is 3. The third kappa shape index (κ3) is 3.08. The predicted octanol–water partition coefficient (Wildman–Crippen LogP) is 2.72. The van der Waals surface area contributed by atoms with Crippen LogP contribution in [0.2, 0.25) is 0 Å². The molecule has 1 aromatic rings. The van der Waals surface area contributed by atoms with Gasteiger partial charge in [-0.25, -0.2) is 0 Å². The Hall–Kier alpha value is -0.510. The number of rotatable bonds is 4. The largest absolute Gasteiger partial charge is 0.380 e. The van der Waals surface area contributed by atoms with Gasteiger partial charge in [-0.15, -0.1) is 11.8 Å². The van der Waals surface area contributed by atoms with Crippen molar-refractivity contribution in [1.82, 2.24) is 5.32 Å². The minimum atomic E-state index is 0.624. The number of thioether (sulfide) groups is 1. The van der Waals surface area contributed by atoms with Gasteiger partial charge in [0.15, 0.2) is 0 Å². The Kier molecular flexibility index (Phi) is 4.24. The van der Waals surface area contributed by atoms with Crippen molar-refractivity contribution in [3.8, 4) is 0 Å². The second-order valence-electron chi connectivity index (χ2n) is 5.30. The molecule has 98 valence electrons. The lowest BCUT2D eigenvalue weighted by molar-refractivity contribution is 0.0912. The zero-order valence-electron chi connectivity index (χ0n) is 10.7. The number of hydrogen-bond donors (Lipinski definition) is 1. The Balaban J connectivity index is 1.40. The van der Waals surface area contributed by atoms with E-state index in [0.29, 0.717) is 5.25 Å². The quantitative estimate of drug-likeness (QED) is 0.902. The molecule has 1 N–H and O–H groups in total. The molecule has 0 bridgehead atoms. The van der Waals surface area contributed by atoms with E-state index in [1.807, 2.05) is 11.8 Å². The van der Waals surface area contributed by atoms with Crippen LogP contribution >= 0.6 is 11.8 Å². The molecule has 2 unspecified atom stereocenters. The molecule has 0 radical (unpaired) electrons. The smallest absolute Gasteiger partial charge is 0.0591 e. The molecular weight excluding hydrogens is 242 g/mol. The predicted molar refractivity (Wildman–Crippen MR) is 76.2 cm³/mol. The lowest BCUT2D eigenvalue weighted by atomic mass is 10.0. The fourth-order valence-electron chi connectivity index (χ4n) is 2.78. The SMILES string of the molecule is c1ccc2c(c1)CC(COCC1CCCNC1)S2. The zero-order valence-corrected chi connectivity index (χ0v) is 11.5. The highest BCUT2D eigenvalue weighted by Crippen LogP contribution is 2.36. The molecule has 0 amide bonds. The molecule has 18 heavy (non-hydrogen) atoms. The summed E-state index contributed by atoms with van der Waals surface area (Å²) in [7, 11) is 0. The minimum absolute atomic E-state index is 0.624. The van der Waals surface area contributed by atoms with Crippen LogP contribution in [0.25, 0.3) is 0 Å². The van der Waals surface area contributed by atoms with E-state index >= 15 is 0 Å². The van der Waals surface area contributed by atoms with Crippen LogP contribution in [0.4, 0.5) is 0 Å². The summed E-state index contributed by atoms with van der Waals surface area (Å²) < 4.78 is 5.93. The van der Waals surface area contributed by atoms with Crippen LogP contribution < -0.4 is 5.32 Å². The molecule has 0 saturated carbocycles. The zero-order chi connectivity index (χ0) is 12.2. The second kappa shape index (κ2) is 6.09. The average molecular weight is 263 g/mol. The van der Waals surface area contributed by atoms with Crippen molar-refractivity contribution in [3.05, 3.63) is 29.8 Å². The summed E-state index contributed by atoms with van der Waals surface area (Å²) in [5.74, 6) is 0.729. The molecule has 0 spiro atoms. The van der Waals surface area contributed by atoms with E-state index in [0.717, 1.165) is 25.7 Å². The van der Waals surface area contributed by atoms with Crippen LogP contribution in [0.15, 0.2) is 29.2 Å². The number of fused-ring (bicyclic) bond motifs is 1. The first-order valence-corrected chi connectivity index (χ1v) is 7.83. The standard InChI is InChI=1S/C15H21NOS/c1-2-6-15-13(5-1)8-14(18-15)11-17-10-12-4-3-7-16-9-12/h1-2,5-6,12,14,16H,3-4,7-11H2. The molecule has 2 nitrogen and oxygen atoms in total. The molecule has 3 rings (SSSR count). The van der Waals surface area contributed by atoms with Gasteiger partial charge in [0.05, 0.1) is 13.2 Å². The summed E-state index contributed by atoms with van der Waals surface area (Å²) >= 11 is 1.98. The number of piperidine rings is 1. The van der Waals surface area contributed by atoms with Gasteiger partial charge in [0.1, 0.15) is 0 Å². The van der Waals surface area contributed by atoms with Gasteiger partial charge in [0.2, 0.25) is 0 Å². The molecule has 2 heterocycles. The lowest BCUT2D eigenvalue weighted by Crippen LogP contribution is -2.32. The first-order valence-electron chi connectivity index (χ1n) is 6.95. The molecule has 1 fully saturated rings. The maximum Gasteiger partial charge on any atom is 0.0591 e. The lowest BCUT2D eigenvalue weighted by Gasteiger charge is -2.23. The highest BCUT2D eigenvalue weighted by molar-refractivity contribution is 8.00. The third-order valence-corrected chi connectivity index (χ3v) is 5.06. The van der Waals surface area contributed by atoms with Crippen molar-refractivity contribution < 1.29 is 4.74 Å². The Morgan fingerprint density at radius 3 is 3.06 bits per heavy atom. The summed E-state index contributed by atoms with van der Waals surface area (Å²) in [5, 5.41) is 4.07. The van der Waals surface area contributed by atoms with Crippen molar-refractivity contribution in [2.75, 3.05) is 26.3 Å². The van der Waals surface area contributed by atoms with Gasteiger partial charge in [0.25, 0.3) is 0 Å². The van der Waals surface area contributed by atoms with Crippen molar-refractivity contribution >= 4 is 11.8 Å². The van der Waals surface area contributed by atoms with E-state index < -0.39 is 0 Å². The van der Waals surface area contributed by atoms with Gasteiger partial charge in [0, 0.05) is 16.7 Å². The van der Waals surface area contributed by atoms with E-state index in [4.69, 9.17) is 4.74 Å². The topological polar surface area (TPSA) is 21.3 Å².